The van der Waals surface area contributed by atoms with Crippen LogP contribution in [0.1, 0.15) is 48.6 Å². The average molecular weight is 404 g/mol. The Bertz CT molecular complexity index is 1340. The summed E-state index contributed by atoms with van der Waals surface area (Å²) in [5.41, 5.74) is 11.5. The Morgan fingerprint density at radius 2 is 1.55 bits per heavy atom. The van der Waals surface area contributed by atoms with Crippen LogP contribution >= 0.6 is 0 Å². The van der Waals surface area contributed by atoms with Crippen molar-refractivity contribution in [2.24, 2.45) is 0 Å². The predicted octanol–water partition coefficient (Wildman–Crippen LogP) is 7.36. The van der Waals surface area contributed by atoms with Gasteiger partial charge in [-0.15, -0.1) is 0 Å². The fourth-order valence-electron chi connectivity index (χ4n) is 6.00. The molecule has 0 amide bonds. The molecule has 1 atom stereocenters. The van der Waals surface area contributed by atoms with E-state index in [2.05, 4.69) is 106 Å². The first-order chi connectivity index (χ1) is 14.9. The highest BCUT2D eigenvalue weighted by atomic mass is 15.1. The molecular formula is C30H29N. The zero-order chi connectivity index (χ0) is 21.3. The van der Waals surface area contributed by atoms with Crippen molar-refractivity contribution in [3.05, 3.63) is 95.1 Å². The molecule has 4 aromatic carbocycles. The average Bonchev–Trinajstić information content (AvgIpc) is 3.29. The zero-order valence-corrected chi connectivity index (χ0v) is 18.9. The second-order valence-electron chi connectivity index (χ2n) is 10.0. The van der Waals surface area contributed by atoms with Gasteiger partial charge in [0.25, 0.3) is 0 Å². The lowest BCUT2D eigenvalue weighted by atomic mass is 9.80. The molecule has 0 bridgehead atoms. The number of benzene rings is 4. The molecule has 0 aromatic heterocycles. The summed E-state index contributed by atoms with van der Waals surface area (Å²) < 4.78 is 0. The Hall–Kier alpha value is -2.90. The summed E-state index contributed by atoms with van der Waals surface area (Å²) in [5, 5.41) is 2.63. The fourth-order valence-corrected chi connectivity index (χ4v) is 6.00. The standard InChI is InChI=1S/C30H29N/c1-30(2)27-17-21(23-11-7-9-19-8-5-6-10-22(19)23)12-14-24(27)26-16-20-13-15-29(31(3)4)25(20)18-28(26)30/h5-12,14,16-18,29H,13,15H2,1-4H3. The minimum absolute atomic E-state index is 0.0136. The highest BCUT2D eigenvalue weighted by molar-refractivity contribution is 5.97. The highest BCUT2D eigenvalue weighted by Crippen LogP contribution is 2.52. The van der Waals surface area contributed by atoms with Crippen LogP contribution in [-0.2, 0) is 11.8 Å². The first-order valence-electron chi connectivity index (χ1n) is 11.4. The molecule has 2 aliphatic rings. The monoisotopic (exact) mass is 403 g/mol. The number of nitrogens with zero attached hydrogens (tertiary/aromatic N) is 1. The molecule has 0 radical (unpaired) electrons. The first kappa shape index (κ1) is 18.8. The molecule has 4 aromatic rings. The van der Waals surface area contributed by atoms with Crippen LogP contribution in [0.2, 0.25) is 0 Å². The summed E-state index contributed by atoms with van der Waals surface area (Å²) in [6.45, 7) is 4.80. The maximum Gasteiger partial charge on any atom is 0.0348 e. The summed E-state index contributed by atoms with van der Waals surface area (Å²) in [6.07, 6.45) is 2.42. The van der Waals surface area contributed by atoms with E-state index in [0.29, 0.717) is 6.04 Å². The Morgan fingerprint density at radius 1 is 0.774 bits per heavy atom. The minimum atomic E-state index is 0.0136. The van der Waals surface area contributed by atoms with Crippen molar-refractivity contribution >= 4 is 10.8 Å². The molecule has 1 unspecified atom stereocenters. The molecule has 2 aliphatic carbocycles. The Kier molecular flexibility index (Phi) is 3.98. The lowest BCUT2D eigenvalue weighted by molar-refractivity contribution is 0.299. The van der Waals surface area contributed by atoms with Gasteiger partial charge in [-0.25, -0.2) is 0 Å². The van der Waals surface area contributed by atoms with Gasteiger partial charge < -0.3 is 4.90 Å². The van der Waals surface area contributed by atoms with Crippen LogP contribution in [0.5, 0.6) is 0 Å². The SMILES string of the molecule is CN(C)C1CCc2cc3c(cc21)C(C)(C)c1cc(-c2cccc4ccccc24)ccc1-3. The van der Waals surface area contributed by atoms with Crippen molar-refractivity contribution < 1.29 is 0 Å². The largest absolute Gasteiger partial charge is 0.302 e. The zero-order valence-electron chi connectivity index (χ0n) is 18.9. The highest BCUT2D eigenvalue weighted by Gasteiger charge is 2.38. The summed E-state index contributed by atoms with van der Waals surface area (Å²) in [5.74, 6) is 0. The van der Waals surface area contributed by atoms with Gasteiger partial charge >= 0.3 is 0 Å². The molecular weight excluding hydrogens is 374 g/mol. The van der Waals surface area contributed by atoms with Gasteiger partial charge in [0, 0.05) is 11.5 Å². The Morgan fingerprint density at radius 3 is 2.39 bits per heavy atom. The third-order valence-corrected chi connectivity index (χ3v) is 7.71. The van der Waals surface area contributed by atoms with Crippen molar-refractivity contribution in [2.75, 3.05) is 14.1 Å². The van der Waals surface area contributed by atoms with Crippen LogP contribution in [0.4, 0.5) is 0 Å². The quantitative estimate of drug-likeness (QED) is 0.338. The number of rotatable bonds is 2. The summed E-state index contributed by atoms with van der Waals surface area (Å²) >= 11 is 0. The van der Waals surface area contributed by atoms with E-state index in [1.807, 2.05) is 0 Å². The van der Waals surface area contributed by atoms with Gasteiger partial charge in [0.05, 0.1) is 0 Å². The van der Waals surface area contributed by atoms with Gasteiger partial charge in [-0.3, -0.25) is 0 Å². The van der Waals surface area contributed by atoms with E-state index in [-0.39, 0.29) is 5.41 Å². The van der Waals surface area contributed by atoms with E-state index in [1.54, 1.807) is 11.1 Å². The van der Waals surface area contributed by atoms with Crippen molar-refractivity contribution in [2.45, 2.75) is 38.1 Å². The van der Waals surface area contributed by atoms with Crippen molar-refractivity contribution in [3.63, 3.8) is 0 Å². The second kappa shape index (κ2) is 6.55. The molecule has 0 aliphatic heterocycles. The van der Waals surface area contributed by atoms with Gasteiger partial charge in [-0.05, 0) is 88.3 Å². The number of hydrogen-bond donors (Lipinski definition) is 0. The normalized spacial score (nSPS) is 18.3. The van der Waals surface area contributed by atoms with Crippen LogP contribution in [-0.4, -0.2) is 19.0 Å². The van der Waals surface area contributed by atoms with Gasteiger partial charge in [-0.1, -0.05) is 80.6 Å². The van der Waals surface area contributed by atoms with Crippen LogP contribution in [0, 0.1) is 0 Å². The third-order valence-electron chi connectivity index (χ3n) is 7.71. The predicted molar refractivity (Wildman–Crippen MR) is 132 cm³/mol. The molecule has 0 spiro atoms. The Labute approximate surface area is 185 Å². The van der Waals surface area contributed by atoms with Gasteiger partial charge in [0.15, 0.2) is 0 Å². The van der Waals surface area contributed by atoms with E-state index in [0.717, 1.165) is 0 Å². The molecule has 0 saturated heterocycles. The molecule has 1 heteroatoms. The molecule has 1 nitrogen and oxygen atoms in total. The maximum absolute atomic E-state index is 2.53. The Balaban J connectivity index is 1.52. The van der Waals surface area contributed by atoms with Gasteiger partial charge in [0.1, 0.15) is 0 Å². The molecule has 154 valence electrons. The first-order valence-corrected chi connectivity index (χ1v) is 11.4. The molecule has 0 N–H and O–H groups in total. The van der Waals surface area contributed by atoms with Crippen molar-refractivity contribution in [3.8, 4) is 22.3 Å². The van der Waals surface area contributed by atoms with Crippen LogP contribution in [0.15, 0.2) is 72.8 Å². The van der Waals surface area contributed by atoms with Crippen LogP contribution in [0.3, 0.4) is 0 Å². The third kappa shape index (κ3) is 2.66. The van der Waals surface area contributed by atoms with E-state index in [9.17, 15) is 0 Å². The van der Waals surface area contributed by atoms with E-state index in [4.69, 9.17) is 0 Å². The van der Waals surface area contributed by atoms with Gasteiger partial charge in [0.2, 0.25) is 0 Å². The fraction of sp³-hybridized carbons (Fsp3) is 0.267. The maximum atomic E-state index is 2.53. The molecule has 0 saturated carbocycles. The lowest BCUT2D eigenvalue weighted by Gasteiger charge is -2.25. The van der Waals surface area contributed by atoms with Crippen LogP contribution < -0.4 is 0 Å². The van der Waals surface area contributed by atoms with E-state index in [1.165, 1.54) is 57.0 Å². The van der Waals surface area contributed by atoms with Crippen LogP contribution in [0.25, 0.3) is 33.0 Å². The molecule has 6 rings (SSSR count). The summed E-state index contributed by atoms with van der Waals surface area (Å²) in [4.78, 5) is 2.38. The topological polar surface area (TPSA) is 3.24 Å². The van der Waals surface area contributed by atoms with E-state index >= 15 is 0 Å². The molecule has 31 heavy (non-hydrogen) atoms. The number of hydrogen-bond acceptors (Lipinski definition) is 1. The smallest absolute Gasteiger partial charge is 0.0348 e. The van der Waals surface area contributed by atoms with Gasteiger partial charge in [-0.2, -0.15) is 0 Å². The summed E-state index contributed by atoms with van der Waals surface area (Å²) in [7, 11) is 4.42. The molecule has 0 heterocycles. The molecule has 0 fully saturated rings. The van der Waals surface area contributed by atoms with E-state index < -0.39 is 0 Å². The minimum Gasteiger partial charge on any atom is -0.302 e. The lowest BCUT2D eigenvalue weighted by Crippen LogP contribution is -2.19. The van der Waals surface area contributed by atoms with Crippen molar-refractivity contribution in [1.82, 2.24) is 4.90 Å². The number of fused-ring (bicyclic) bond motifs is 5. The second-order valence-corrected chi connectivity index (χ2v) is 10.0. The number of aryl methyl sites for hydroxylation is 1. The summed E-state index contributed by atoms with van der Waals surface area (Å²) in [6, 6.07) is 28.1. The van der Waals surface area contributed by atoms with Crippen molar-refractivity contribution in [1.29, 1.82) is 0 Å².